The number of nitrogens with one attached hydrogen (secondary N) is 1. The topological polar surface area (TPSA) is 81.5 Å². The molecule has 6 nitrogen and oxygen atoms in total. The van der Waals surface area contributed by atoms with Crippen LogP contribution < -0.4 is 5.32 Å². The number of methoxy groups -OCH3 is 1. The molecule has 0 atom stereocenters. The first-order valence-corrected chi connectivity index (χ1v) is 6.23. The van der Waals surface area contributed by atoms with Crippen LogP contribution in [0.15, 0.2) is 35.9 Å². The van der Waals surface area contributed by atoms with Crippen molar-refractivity contribution in [2.45, 2.75) is 13.3 Å². The van der Waals surface area contributed by atoms with Crippen LogP contribution in [0.5, 0.6) is 0 Å². The van der Waals surface area contributed by atoms with Gasteiger partial charge in [-0.3, -0.25) is 10.1 Å². The molecule has 0 aliphatic heterocycles. The number of carbonyl (C=O) groups is 1. The number of esters is 1. The van der Waals surface area contributed by atoms with Gasteiger partial charge in [-0.1, -0.05) is 18.2 Å². The van der Waals surface area contributed by atoms with Gasteiger partial charge in [0.05, 0.1) is 12.0 Å². The van der Waals surface area contributed by atoms with Crippen molar-refractivity contribution in [2.75, 3.05) is 20.2 Å². The van der Waals surface area contributed by atoms with E-state index in [1.54, 1.807) is 25.1 Å². The maximum absolute atomic E-state index is 11.1. The number of carbonyl (C=O) groups excluding carboxylic acids is 1. The molecule has 0 radical (unpaired) electrons. The highest BCUT2D eigenvalue weighted by molar-refractivity contribution is 5.87. The Bertz CT molecular complexity index is 494. The maximum atomic E-state index is 11.1. The average molecular weight is 278 g/mol. The molecule has 1 N–H and O–H groups in total. The SMILES string of the molecule is COC(=O)/C(C)=C/CNCCc1ccc([N+](=O)[O-])cc1. The summed E-state index contributed by atoms with van der Waals surface area (Å²) in [5, 5.41) is 13.7. The van der Waals surface area contributed by atoms with E-state index in [2.05, 4.69) is 10.1 Å². The number of nitrogens with zero attached hydrogens (tertiary/aromatic N) is 1. The summed E-state index contributed by atoms with van der Waals surface area (Å²) >= 11 is 0. The molecule has 0 aliphatic carbocycles. The Morgan fingerprint density at radius 3 is 2.60 bits per heavy atom. The molecule has 1 rings (SSSR count). The van der Waals surface area contributed by atoms with Gasteiger partial charge in [-0.2, -0.15) is 0 Å². The van der Waals surface area contributed by atoms with E-state index in [0.29, 0.717) is 12.1 Å². The second-order valence-electron chi connectivity index (χ2n) is 4.26. The van der Waals surface area contributed by atoms with E-state index in [1.165, 1.54) is 19.2 Å². The Labute approximate surface area is 117 Å². The lowest BCUT2D eigenvalue weighted by Gasteiger charge is -2.03. The minimum atomic E-state index is -0.414. The monoisotopic (exact) mass is 278 g/mol. The predicted molar refractivity (Wildman–Crippen MR) is 75.4 cm³/mol. The number of rotatable bonds is 7. The van der Waals surface area contributed by atoms with E-state index in [0.717, 1.165) is 18.5 Å². The molecular weight excluding hydrogens is 260 g/mol. The lowest BCUT2D eigenvalue weighted by Crippen LogP contribution is -2.18. The molecule has 0 heterocycles. The van der Waals surface area contributed by atoms with E-state index in [-0.39, 0.29) is 11.7 Å². The smallest absolute Gasteiger partial charge is 0.333 e. The summed E-state index contributed by atoms with van der Waals surface area (Å²) in [6.45, 7) is 3.00. The number of ether oxygens (including phenoxy) is 1. The zero-order valence-electron chi connectivity index (χ0n) is 11.6. The van der Waals surface area contributed by atoms with Crippen molar-refractivity contribution < 1.29 is 14.5 Å². The molecule has 0 saturated carbocycles. The lowest BCUT2D eigenvalue weighted by molar-refractivity contribution is -0.384. The summed E-state index contributed by atoms with van der Waals surface area (Å²) in [6, 6.07) is 6.48. The van der Waals surface area contributed by atoms with Crippen molar-refractivity contribution in [2.24, 2.45) is 0 Å². The number of hydrogen-bond donors (Lipinski definition) is 1. The molecular formula is C14H18N2O4. The summed E-state index contributed by atoms with van der Waals surface area (Å²) < 4.78 is 4.58. The fourth-order valence-corrected chi connectivity index (χ4v) is 1.59. The van der Waals surface area contributed by atoms with Crippen molar-refractivity contribution in [3.05, 3.63) is 51.6 Å². The number of nitro groups is 1. The third-order valence-electron chi connectivity index (χ3n) is 2.80. The fourth-order valence-electron chi connectivity index (χ4n) is 1.59. The third kappa shape index (κ3) is 5.19. The summed E-state index contributed by atoms with van der Waals surface area (Å²) in [7, 11) is 1.35. The van der Waals surface area contributed by atoms with Gasteiger partial charge in [0, 0.05) is 24.3 Å². The van der Waals surface area contributed by atoms with Gasteiger partial charge >= 0.3 is 5.97 Å². The molecule has 0 aromatic heterocycles. The summed E-state index contributed by atoms with van der Waals surface area (Å²) in [5.41, 5.74) is 1.69. The highest BCUT2D eigenvalue weighted by atomic mass is 16.6. The first-order valence-electron chi connectivity index (χ1n) is 6.23. The number of nitro benzene ring substituents is 1. The predicted octanol–water partition coefficient (Wildman–Crippen LogP) is 1.85. The molecule has 1 aromatic carbocycles. The van der Waals surface area contributed by atoms with Gasteiger partial charge in [-0.15, -0.1) is 0 Å². The minimum absolute atomic E-state index is 0.0957. The standard InChI is InChI=1S/C14H18N2O4/c1-11(14(17)20-2)7-9-15-10-8-12-3-5-13(6-4-12)16(18)19/h3-7,15H,8-10H2,1-2H3/b11-7+. The van der Waals surface area contributed by atoms with Crippen LogP contribution in [-0.2, 0) is 16.0 Å². The summed E-state index contributed by atoms with van der Waals surface area (Å²) in [4.78, 5) is 21.2. The molecule has 0 fully saturated rings. The van der Waals surface area contributed by atoms with Crippen molar-refractivity contribution in [1.29, 1.82) is 0 Å². The van der Waals surface area contributed by atoms with E-state index in [4.69, 9.17) is 0 Å². The van der Waals surface area contributed by atoms with Crippen molar-refractivity contribution in [3.63, 3.8) is 0 Å². The van der Waals surface area contributed by atoms with Crippen LogP contribution in [-0.4, -0.2) is 31.1 Å². The maximum Gasteiger partial charge on any atom is 0.333 e. The summed E-state index contributed by atoms with van der Waals surface area (Å²) in [6.07, 6.45) is 2.53. The van der Waals surface area contributed by atoms with Crippen LogP contribution in [0.25, 0.3) is 0 Å². The Kier molecular flexibility index (Phi) is 6.39. The molecule has 0 bridgehead atoms. The van der Waals surface area contributed by atoms with Crippen molar-refractivity contribution in [3.8, 4) is 0 Å². The molecule has 108 valence electrons. The molecule has 0 saturated heterocycles. The van der Waals surface area contributed by atoms with Crippen LogP contribution in [0.1, 0.15) is 12.5 Å². The molecule has 0 amide bonds. The largest absolute Gasteiger partial charge is 0.466 e. The first-order chi connectivity index (χ1) is 9.54. The number of non-ortho nitro benzene ring substituents is 1. The van der Waals surface area contributed by atoms with Crippen LogP contribution in [0.4, 0.5) is 5.69 Å². The highest BCUT2D eigenvalue weighted by Gasteiger charge is 2.03. The molecule has 1 aromatic rings. The zero-order valence-corrected chi connectivity index (χ0v) is 11.6. The van der Waals surface area contributed by atoms with Gasteiger partial charge in [-0.05, 0) is 25.5 Å². The Morgan fingerprint density at radius 2 is 2.05 bits per heavy atom. The highest BCUT2D eigenvalue weighted by Crippen LogP contribution is 2.11. The molecule has 20 heavy (non-hydrogen) atoms. The zero-order chi connectivity index (χ0) is 15.0. The molecule has 0 aliphatic rings. The Balaban J connectivity index is 2.31. The minimum Gasteiger partial charge on any atom is -0.466 e. The van der Waals surface area contributed by atoms with Gasteiger partial charge in [0.2, 0.25) is 0 Å². The number of hydrogen-bond acceptors (Lipinski definition) is 5. The molecule has 6 heteroatoms. The second-order valence-corrected chi connectivity index (χ2v) is 4.26. The molecule has 0 spiro atoms. The van der Waals surface area contributed by atoms with Crippen molar-refractivity contribution >= 4 is 11.7 Å². The molecule has 0 unspecified atom stereocenters. The van der Waals surface area contributed by atoms with Gasteiger partial charge in [0.25, 0.3) is 5.69 Å². The van der Waals surface area contributed by atoms with Crippen LogP contribution in [0.3, 0.4) is 0 Å². The summed E-state index contributed by atoms with van der Waals surface area (Å²) in [5.74, 6) is -0.331. The lowest BCUT2D eigenvalue weighted by atomic mass is 10.1. The Morgan fingerprint density at radius 1 is 1.40 bits per heavy atom. The quantitative estimate of drug-likeness (QED) is 0.270. The van der Waals surface area contributed by atoms with Crippen LogP contribution in [0.2, 0.25) is 0 Å². The fraction of sp³-hybridized carbons (Fsp3) is 0.357. The van der Waals surface area contributed by atoms with Crippen molar-refractivity contribution in [1.82, 2.24) is 5.32 Å². The van der Waals surface area contributed by atoms with Gasteiger partial charge in [0.15, 0.2) is 0 Å². The number of benzene rings is 1. The van der Waals surface area contributed by atoms with Gasteiger partial charge < -0.3 is 10.1 Å². The van der Waals surface area contributed by atoms with E-state index >= 15 is 0 Å². The average Bonchev–Trinajstić information content (AvgIpc) is 2.46. The first kappa shape index (κ1) is 15.8. The van der Waals surface area contributed by atoms with Gasteiger partial charge in [0.1, 0.15) is 0 Å². The Hall–Kier alpha value is -2.21. The third-order valence-corrected chi connectivity index (χ3v) is 2.80. The van der Waals surface area contributed by atoms with E-state index in [1.807, 2.05) is 0 Å². The van der Waals surface area contributed by atoms with Crippen LogP contribution >= 0.6 is 0 Å². The second kappa shape index (κ2) is 8.06. The van der Waals surface area contributed by atoms with E-state index < -0.39 is 4.92 Å². The van der Waals surface area contributed by atoms with Crippen LogP contribution in [0, 0.1) is 10.1 Å². The normalized spacial score (nSPS) is 11.2. The van der Waals surface area contributed by atoms with E-state index in [9.17, 15) is 14.9 Å². The van der Waals surface area contributed by atoms with Gasteiger partial charge in [-0.25, -0.2) is 4.79 Å².